The van der Waals surface area contributed by atoms with Gasteiger partial charge in [0.1, 0.15) is 5.69 Å². The lowest BCUT2D eigenvalue weighted by molar-refractivity contribution is -0.384. The smallest absolute Gasteiger partial charge is 0.337 e. The topological polar surface area (TPSA) is 165 Å². The molecule has 1 aromatic heterocycles. The Balaban J connectivity index is 1.85. The number of para-hydroxylation sites is 1. The number of methoxy groups -OCH3 is 1. The quantitative estimate of drug-likeness (QED) is 0.198. The van der Waals surface area contributed by atoms with E-state index in [0.717, 1.165) is 29.1 Å². The number of nitrogens with zero attached hydrogens (tertiary/aromatic N) is 3. The minimum absolute atomic E-state index is 0.0191. The van der Waals surface area contributed by atoms with Crippen molar-refractivity contribution in [1.29, 1.82) is 0 Å². The second-order valence-electron chi connectivity index (χ2n) is 7.73. The minimum atomic E-state index is -4.32. The molecule has 0 amide bonds. The number of hydrazone groups is 1. The first-order chi connectivity index (χ1) is 17.0. The third kappa shape index (κ3) is 5.87. The van der Waals surface area contributed by atoms with Crippen LogP contribution in [0.4, 0.5) is 17.1 Å². The molecule has 0 aliphatic rings. The fourth-order valence-electron chi connectivity index (χ4n) is 3.54. The van der Waals surface area contributed by atoms with Crippen LogP contribution in [0.1, 0.15) is 27.3 Å². The highest BCUT2D eigenvalue weighted by Gasteiger charge is 2.23. The summed E-state index contributed by atoms with van der Waals surface area (Å²) in [7, 11) is -2.70. The van der Waals surface area contributed by atoms with Crippen molar-refractivity contribution in [2.45, 2.75) is 25.3 Å². The van der Waals surface area contributed by atoms with Crippen LogP contribution < -0.4 is 10.1 Å². The summed E-state index contributed by atoms with van der Waals surface area (Å²) in [5.41, 5.74) is 4.38. The number of nitro benzene ring substituents is 1. The lowest BCUT2D eigenvalue weighted by Crippen LogP contribution is -2.16. The summed E-state index contributed by atoms with van der Waals surface area (Å²) in [6.07, 6.45) is 1.52. The van der Waals surface area contributed by atoms with Gasteiger partial charge in [-0.1, -0.05) is 12.1 Å². The Kier molecular flexibility index (Phi) is 8.07. The monoisotopic (exact) mass is 515 g/mol. The SMILES string of the molecule is COCCn1c(C)cc(/C=N\Nc2ccc(S(=O)(=O)Nc3ccccc3C(=O)O)cc2[N+](=O)[O-])c1C. The van der Waals surface area contributed by atoms with Crippen LogP contribution in [-0.4, -0.2) is 48.9 Å². The van der Waals surface area contributed by atoms with E-state index < -0.39 is 31.5 Å². The van der Waals surface area contributed by atoms with Crippen LogP contribution in [0.15, 0.2) is 58.5 Å². The number of carboxylic acids is 1. The number of sulfonamides is 1. The average Bonchev–Trinajstić information content (AvgIpc) is 3.09. The van der Waals surface area contributed by atoms with Crippen LogP contribution in [-0.2, 0) is 21.3 Å². The van der Waals surface area contributed by atoms with E-state index >= 15 is 0 Å². The van der Waals surface area contributed by atoms with Crippen molar-refractivity contribution in [3.05, 3.63) is 81.2 Å². The van der Waals surface area contributed by atoms with Crippen molar-refractivity contribution in [2.75, 3.05) is 23.9 Å². The molecule has 0 fully saturated rings. The van der Waals surface area contributed by atoms with Crippen LogP contribution in [0.25, 0.3) is 0 Å². The molecule has 3 aromatic rings. The Hall–Kier alpha value is -4.23. The van der Waals surface area contributed by atoms with Gasteiger partial charge in [-0.25, -0.2) is 13.2 Å². The van der Waals surface area contributed by atoms with Gasteiger partial charge in [0.05, 0.1) is 33.9 Å². The van der Waals surface area contributed by atoms with Gasteiger partial charge in [0.2, 0.25) is 0 Å². The van der Waals surface area contributed by atoms with Gasteiger partial charge in [0.15, 0.2) is 0 Å². The van der Waals surface area contributed by atoms with Crippen LogP contribution >= 0.6 is 0 Å². The fraction of sp³-hybridized carbons (Fsp3) is 0.217. The average molecular weight is 516 g/mol. The summed E-state index contributed by atoms with van der Waals surface area (Å²) in [5.74, 6) is -1.32. The van der Waals surface area contributed by atoms with E-state index in [4.69, 9.17) is 4.74 Å². The highest BCUT2D eigenvalue weighted by atomic mass is 32.2. The first-order valence-corrected chi connectivity index (χ1v) is 12.1. The number of rotatable bonds is 11. The zero-order valence-electron chi connectivity index (χ0n) is 19.8. The molecule has 190 valence electrons. The zero-order chi connectivity index (χ0) is 26.5. The van der Waals surface area contributed by atoms with E-state index in [1.807, 2.05) is 19.9 Å². The lowest BCUT2D eigenvalue weighted by atomic mass is 10.2. The van der Waals surface area contributed by atoms with E-state index in [9.17, 15) is 28.4 Å². The van der Waals surface area contributed by atoms with E-state index in [1.54, 1.807) is 7.11 Å². The number of nitrogens with one attached hydrogen (secondary N) is 2. The molecule has 12 nitrogen and oxygen atoms in total. The number of ether oxygens (including phenoxy) is 1. The molecule has 2 aromatic carbocycles. The Bertz CT molecular complexity index is 1430. The number of anilines is 2. The Morgan fingerprint density at radius 1 is 1.19 bits per heavy atom. The number of hydrogen-bond donors (Lipinski definition) is 3. The number of hydrogen-bond acceptors (Lipinski definition) is 8. The highest BCUT2D eigenvalue weighted by Crippen LogP contribution is 2.29. The number of carboxylic acid groups (broad SMARTS) is 1. The van der Waals surface area contributed by atoms with Gasteiger partial charge >= 0.3 is 5.97 Å². The van der Waals surface area contributed by atoms with E-state index in [1.165, 1.54) is 36.5 Å². The van der Waals surface area contributed by atoms with Crippen LogP contribution in [0.5, 0.6) is 0 Å². The van der Waals surface area contributed by atoms with Gasteiger partial charge < -0.3 is 14.4 Å². The molecule has 0 aliphatic carbocycles. The van der Waals surface area contributed by atoms with Crippen molar-refractivity contribution >= 4 is 39.3 Å². The Labute approximate surface area is 207 Å². The zero-order valence-corrected chi connectivity index (χ0v) is 20.6. The number of aromatic nitrogens is 1. The Morgan fingerprint density at radius 3 is 2.58 bits per heavy atom. The molecule has 0 spiro atoms. The van der Waals surface area contributed by atoms with Crippen molar-refractivity contribution in [2.24, 2.45) is 5.10 Å². The molecule has 0 atom stereocenters. The molecule has 0 bridgehead atoms. The maximum atomic E-state index is 12.8. The van der Waals surface area contributed by atoms with Gasteiger partial charge in [-0.2, -0.15) is 5.10 Å². The number of aryl methyl sites for hydroxylation is 1. The van der Waals surface area contributed by atoms with Crippen molar-refractivity contribution < 1.29 is 28.0 Å². The molecule has 3 N–H and O–H groups in total. The second kappa shape index (κ2) is 11.0. The number of aromatic carboxylic acids is 1. The summed E-state index contributed by atoms with van der Waals surface area (Å²) < 4.78 is 35.0. The highest BCUT2D eigenvalue weighted by molar-refractivity contribution is 7.92. The van der Waals surface area contributed by atoms with Gasteiger partial charge in [0.25, 0.3) is 15.7 Å². The molecular formula is C23H25N5O7S. The molecule has 0 radical (unpaired) electrons. The van der Waals surface area contributed by atoms with E-state index in [2.05, 4.69) is 19.8 Å². The van der Waals surface area contributed by atoms with Gasteiger partial charge in [-0.05, 0) is 44.2 Å². The predicted octanol–water partition coefficient (Wildman–Crippen LogP) is 3.60. The summed E-state index contributed by atoms with van der Waals surface area (Å²) in [6, 6.07) is 10.6. The van der Waals surface area contributed by atoms with Crippen molar-refractivity contribution in [3.8, 4) is 0 Å². The normalized spacial score (nSPS) is 11.5. The number of nitro groups is 1. The third-order valence-electron chi connectivity index (χ3n) is 5.40. The van der Waals surface area contributed by atoms with Gasteiger partial charge in [-0.15, -0.1) is 0 Å². The van der Waals surface area contributed by atoms with Crippen LogP contribution in [0.3, 0.4) is 0 Å². The lowest BCUT2D eigenvalue weighted by Gasteiger charge is -2.11. The third-order valence-corrected chi connectivity index (χ3v) is 6.76. The predicted molar refractivity (Wildman–Crippen MR) is 134 cm³/mol. The van der Waals surface area contributed by atoms with E-state index in [-0.39, 0.29) is 16.9 Å². The number of benzene rings is 2. The van der Waals surface area contributed by atoms with Crippen molar-refractivity contribution in [1.82, 2.24) is 4.57 Å². The first-order valence-electron chi connectivity index (χ1n) is 10.6. The number of carbonyl (C=O) groups is 1. The molecule has 0 saturated carbocycles. The maximum absolute atomic E-state index is 12.8. The van der Waals surface area contributed by atoms with Crippen LogP contribution in [0.2, 0.25) is 0 Å². The minimum Gasteiger partial charge on any atom is -0.478 e. The summed E-state index contributed by atoms with van der Waals surface area (Å²) in [4.78, 5) is 21.9. The molecular weight excluding hydrogens is 490 g/mol. The van der Waals surface area contributed by atoms with Crippen molar-refractivity contribution in [3.63, 3.8) is 0 Å². The summed E-state index contributed by atoms with van der Waals surface area (Å²) >= 11 is 0. The summed E-state index contributed by atoms with van der Waals surface area (Å²) in [6.45, 7) is 5.08. The molecule has 13 heteroatoms. The Morgan fingerprint density at radius 2 is 1.92 bits per heavy atom. The largest absolute Gasteiger partial charge is 0.478 e. The maximum Gasteiger partial charge on any atom is 0.337 e. The van der Waals surface area contributed by atoms with Gasteiger partial charge in [-0.3, -0.25) is 20.3 Å². The molecule has 36 heavy (non-hydrogen) atoms. The van der Waals surface area contributed by atoms with Crippen LogP contribution in [0, 0.1) is 24.0 Å². The first kappa shape index (κ1) is 26.4. The van der Waals surface area contributed by atoms with Gasteiger partial charge in [0, 0.05) is 36.7 Å². The second-order valence-corrected chi connectivity index (χ2v) is 9.42. The standard InChI is InChI=1S/C23H25N5O7S/c1-15-12-17(16(2)27(15)10-11-35-3)14-24-25-21-9-8-18(13-22(21)28(31)32)36(33,34)26-20-7-5-4-6-19(20)23(29)30/h4-9,12-14,25-26H,10-11H2,1-3H3,(H,29,30)/b24-14-. The fourth-order valence-corrected chi connectivity index (χ4v) is 4.64. The molecule has 3 rings (SSSR count). The van der Waals surface area contributed by atoms with E-state index in [0.29, 0.717) is 13.2 Å². The molecule has 0 aliphatic heterocycles. The molecule has 0 unspecified atom stereocenters. The molecule has 0 saturated heterocycles. The summed E-state index contributed by atoms with van der Waals surface area (Å²) in [5, 5.41) is 25.0. The molecule has 1 heterocycles.